The van der Waals surface area contributed by atoms with Crippen LogP contribution in [0.2, 0.25) is 5.02 Å². The van der Waals surface area contributed by atoms with Crippen molar-refractivity contribution in [3.8, 4) is 5.75 Å². The summed E-state index contributed by atoms with van der Waals surface area (Å²) in [7, 11) is 0. The molecular weight excluding hydrogens is 272 g/mol. The van der Waals surface area contributed by atoms with Gasteiger partial charge < -0.3 is 4.74 Å². The Labute approximate surface area is 124 Å². The average molecular weight is 289 g/mol. The van der Waals surface area contributed by atoms with Gasteiger partial charge in [0.05, 0.1) is 0 Å². The van der Waals surface area contributed by atoms with Gasteiger partial charge in [0.2, 0.25) is 0 Å². The van der Waals surface area contributed by atoms with E-state index >= 15 is 0 Å². The zero-order valence-electron chi connectivity index (χ0n) is 11.9. The lowest BCUT2D eigenvalue weighted by Gasteiger charge is -2.10. The molecular formula is C17H17ClO2. The van der Waals surface area contributed by atoms with Crippen LogP contribution in [0.4, 0.5) is 0 Å². The Morgan fingerprint density at radius 1 is 1.05 bits per heavy atom. The number of hydrogen-bond donors (Lipinski definition) is 0. The molecule has 2 nitrogen and oxygen atoms in total. The van der Waals surface area contributed by atoms with E-state index in [1.165, 1.54) is 5.56 Å². The van der Waals surface area contributed by atoms with Crippen LogP contribution in [0.3, 0.4) is 0 Å². The highest BCUT2D eigenvalue weighted by molar-refractivity contribution is 6.30. The van der Waals surface area contributed by atoms with Crippen molar-refractivity contribution in [2.24, 2.45) is 0 Å². The van der Waals surface area contributed by atoms with Gasteiger partial charge in [-0.15, -0.1) is 0 Å². The van der Waals surface area contributed by atoms with Gasteiger partial charge in [-0.2, -0.15) is 0 Å². The fourth-order valence-corrected chi connectivity index (χ4v) is 2.22. The molecule has 0 unspecified atom stereocenters. The highest BCUT2D eigenvalue weighted by atomic mass is 35.5. The summed E-state index contributed by atoms with van der Waals surface area (Å²) in [4.78, 5) is 12.2. The van der Waals surface area contributed by atoms with E-state index in [4.69, 9.17) is 16.3 Å². The summed E-state index contributed by atoms with van der Waals surface area (Å²) >= 11 is 5.88. The lowest BCUT2D eigenvalue weighted by atomic mass is 9.98. The van der Waals surface area contributed by atoms with Crippen molar-refractivity contribution in [1.82, 2.24) is 0 Å². The standard InChI is InChI=1S/C17H17ClO2/c1-11-7-13(3)16(8-12(11)2)17(19)10-20-15-6-4-5-14(18)9-15/h4-9H,10H2,1-3H3. The third-order valence-corrected chi connectivity index (χ3v) is 3.54. The molecule has 3 heteroatoms. The van der Waals surface area contributed by atoms with E-state index in [-0.39, 0.29) is 12.4 Å². The Bertz CT molecular complexity index is 647. The van der Waals surface area contributed by atoms with Crippen molar-refractivity contribution >= 4 is 17.4 Å². The minimum atomic E-state index is -0.0226. The van der Waals surface area contributed by atoms with Crippen LogP contribution in [0.15, 0.2) is 36.4 Å². The number of halogens is 1. The van der Waals surface area contributed by atoms with E-state index in [9.17, 15) is 4.79 Å². The molecule has 0 fully saturated rings. The van der Waals surface area contributed by atoms with Crippen LogP contribution in [0.1, 0.15) is 27.0 Å². The predicted molar refractivity (Wildman–Crippen MR) is 81.9 cm³/mol. The van der Waals surface area contributed by atoms with E-state index in [0.29, 0.717) is 10.8 Å². The molecule has 2 aromatic carbocycles. The fourth-order valence-electron chi connectivity index (χ4n) is 2.04. The molecule has 0 aromatic heterocycles. The van der Waals surface area contributed by atoms with Gasteiger partial charge in [-0.3, -0.25) is 4.79 Å². The predicted octanol–water partition coefficient (Wildman–Crippen LogP) is 4.53. The summed E-state index contributed by atoms with van der Waals surface area (Å²) in [5.41, 5.74) is 4.00. The maximum atomic E-state index is 12.2. The molecule has 104 valence electrons. The number of hydrogen-bond acceptors (Lipinski definition) is 2. The Hall–Kier alpha value is -1.80. The first-order valence-electron chi connectivity index (χ1n) is 6.47. The minimum absolute atomic E-state index is 0.0175. The van der Waals surface area contributed by atoms with Crippen LogP contribution in [0.25, 0.3) is 0 Å². The van der Waals surface area contributed by atoms with Crippen molar-refractivity contribution in [3.63, 3.8) is 0 Å². The van der Waals surface area contributed by atoms with Crippen LogP contribution < -0.4 is 4.74 Å². The lowest BCUT2D eigenvalue weighted by molar-refractivity contribution is 0.0921. The summed E-state index contributed by atoms with van der Waals surface area (Å²) < 4.78 is 5.49. The molecule has 0 aliphatic carbocycles. The molecule has 0 saturated carbocycles. The molecule has 2 rings (SSSR count). The summed E-state index contributed by atoms with van der Waals surface area (Å²) in [5, 5.41) is 0.595. The van der Waals surface area contributed by atoms with E-state index < -0.39 is 0 Å². The van der Waals surface area contributed by atoms with Gasteiger partial charge in [0.25, 0.3) is 0 Å². The van der Waals surface area contributed by atoms with Gasteiger partial charge >= 0.3 is 0 Å². The van der Waals surface area contributed by atoms with Gasteiger partial charge in [-0.05, 0) is 61.7 Å². The molecule has 0 atom stereocenters. The van der Waals surface area contributed by atoms with Crippen molar-refractivity contribution in [1.29, 1.82) is 0 Å². The summed E-state index contributed by atoms with van der Waals surface area (Å²) in [6.45, 7) is 6.01. The number of ketones is 1. The Kier molecular flexibility index (Phi) is 4.46. The molecule has 0 radical (unpaired) electrons. The quantitative estimate of drug-likeness (QED) is 0.773. The van der Waals surface area contributed by atoms with Crippen LogP contribution in [-0.2, 0) is 0 Å². The monoisotopic (exact) mass is 288 g/mol. The molecule has 2 aromatic rings. The van der Waals surface area contributed by atoms with E-state index in [1.54, 1.807) is 24.3 Å². The van der Waals surface area contributed by atoms with Crippen LogP contribution in [-0.4, -0.2) is 12.4 Å². The molecule has 0 aliphatic heterocycles. The normalized spacial score (nSPS) is 10.4. The molecule has 0 N–H and O–H groups in total. The molecule has 0 amide bonds. The number of ether oxygens (including phenoxy) is 1. The third-order valence-electron chi connectivity index (χ3n) is 3.31. The highest BCUT2D eigenvalue weighted by Crippen LogP contribution is 2.19. The second kappa shape index (κ2) is 6.10. The minimum Gasteiger partial charge on any atom is -0.485 e. The molecule has 0 saturated heterocycles. The first kappa shape index (κ1) is 14.6. The summed E-state index contributed by atoms with van der Waals surface area (Å²) in [5.74, 6) is 0.581. The van der Waals surface area contributed by atoms with Gasteiger partial charge in [0.1, 0.15) is 5.75 Å². The first-order valence-corrected chi connectivity index (χ1v) is 6.84. The lowest BCUT2D eigenvalue weighted by Crippen LogP contribution is -2.13. The Morgan fingerprint density at radius 3 is 2.45 bits per heavy atom. The summed E-state index contributed by atoms with van der Waals surface area (Å²) in [6.07, 6.45) is 0. The van der Waals surface area contributed by atoms with Crippen molar-refractivity contribution < 1.29 is 9.53 Å². The van der Waals surface area contributed by atoms with Crippen LogP contribution >= 0.6 is 11.6 Å². The van der Waals surface area contributed by atoms with Crippen LogP contribution in [0.5, 0.6) is 5.75 Å². The zero-order valence-corrected chi connectivity index (χ0v) is 12.6. The molecule has 0 bridgehead atoms. The van der Waals surface area contributed by atoms with Gasteiger partial charge in [-0.25, -0.2) is 0 Å². The van der Waals surface area contributed by atoms with E-state index in [1.807, 2.05) is 32.9 Å². The molecule has 0 aliphatic rings. The topological polar surface area (TPSA) is 26.3 Å². The molecule has 20 heavy (non-hydrogen) atoms. The Balaban J connectivity index is 2.11. The second-order valence-electron chi connectivity index (χ2n) is 4.92. The van der Waals surface area contributed by atoms with Crippen molar-refractivity contribution in [2.45, 2.75) is 20.8 Å². The SMILES string of the molecule is Cc1cc(C)c(C(=O)COc2cccc(Cl)c2)cc1C. The number of rotatable bonds is 4. The average Bonchev–Trinajstić information content (AvgIpc) is 2.40. The summed E-state index contributed by atoms with van der Waals surface area (Å²) in [6, 6.07) is 11.0. The van der Waals surface area contributed by atoms with Gasteiger partial charge in [0.15, 0.2) is 12.4 Å². The zero-order chi connectivity index (χ0) is 14.7. The van der Waals surface area contributed by atoms with Crippen molar-refractivity contribution in [2.75, 3.05) is 6.61 Å². The molecule has 0 spiro atoms. The largest absolute Gasteiger partial charge is 0.485 e. The second-order valence-corrected chi connectivity index (χ2v) is 5.36. The Morgan fingerprint density at radius 2 is 1.75 bits per heavy atom. The number of Topliss-reactive ketones (excluding diaryl/α,β-unsaturated/α-hetero) is 1. The maximum absolute atomic E-state index is 12.2. The smallest absolute Gasteiger partial charge is 0.200 e. The van der Waals surface area contributed by atoms with E-state index in [0.717, 1.165) is 16.7 Å². The third kappa shape index (κ3) is 3.40. The van der Waals surface area contributed by atoms with Crippen LogP contribution in [0, 0.1) is 20.8 Å². The van der Waals surface area contributed by atoms with Gasteiger partial charge in [-0.1, -0.05) is 23.7 Å². The number of carbonyl (C=O) groups excluding carboxylic acids is 1. The first-order chi connectivity index (χ1) is 9.47. The number of aryl methyl sites for hydroxylation is 3. The fraction of sp³-hybridized carbons (Fsp3) is 0.235. The van der Waals surface area contributed by atoms with Crippen molar-refractivity contribution in [3.05, 3.63) is 63.7 Å². The number of benzene rings is 2. The maximum Gasteiger partial charge on any atom is 0.200 e. The highest BCUT2D eigenvalue weighted by Gasteiger charge is 2.11. The molecule has 0 heterocycles. The van der Waals surface area contributed by atoms with Gasteiger partial charge in [0, 0.05) is 10.6 Å². The van der Waals surface area contributed by atoms with E-state index in [2.05, 4.69) is 0 Å². The number of carbonyl (C=O) groups is 1.